The number of nitrogens with zero attached hydrogens (tertiary/aromatic N) is 2. The zero-order chi connectivity index (χ0) is 35.5. The van der Waals surface area contributed by atoms with Crippen LogP contribution in [0.25, 0.3) is 0 Å². The second-order valence-electron chi connectivity index (χ2n) is 11.9. The minimum atomic E-state index is -7.85. The lowest BCUT2D eigenvalue weighted by Crippen LogP contribution is -3.00. The molecular weight excluding hydrogens is 725 g/mol. The average molecular weight is 759 g/mol. The minimum absolute atomic E-state index is 0. The maximum atomic E-state index is 14.3. The summed E-state index contributed by atoms with van der Waals surface area (Å²) in [5.41, 5.74) is 0.406. The molecule has 0 unspecified atom stereocenters. The van der Waals surface area contributed by atoms with Gasteiger partial charge in [0.25, 0.3) is 5.82 Å². The Balaban J connectivity index is 0.00000800. The van der Waals surface area contributed by atoms with E-state index in [1.54, 1.807) is 6.07 Å². The molecule has 1 aliphatic carbocycles. The highest BCUT2D eigenvalue weighted by molar-refractivity contribution is 6.31. The van der Waals surface area contributed by atoms with Crippen molar-refractivity contribution >= 4 is 11.6 Å². The van der Waals surface area contributed by atoms with Crippen LogP contribution in [0.2, 0.25) is 5.02 Å². The summed E-state index contributed by atoms with van der Waals surface area (Å²) in [6, 6.07) is 4.52. The molecule has 1 aliphatic rings. The average Bonchev–Trinajstić information content (AvgIpc) is 3.72. The molecule has 1 saturated carbocycles. The van der Waals surface area contributed by atoms with Crippen LogP contribution in [0.15, 0.2) is 30.6 Å². The van der Waals surface area contributed by atoms with Gasteiger partial charge in [0.05, 0.1) is 17.5 Å². The number of halogens is 16. The Bertz CT molecular complexity index is 1300. The fourth-order valence-corrected chi connectivity index (χ4v) is 5.51. The Morgan fingerprint density at radius 1 is 0.688 bits per heavy atom. The van der Waals surface area contributed by atoms with Crippen LogP contribution in [0.1, 0.15) is 94.4 Å². The van der Waals surface area contributed by atoms with E-state index >= 15 is 0 Å². The molecule has 2 nitrogen and oxygen atoms in total. The van der Waals surface area contributed by atoms with E-state index in [1.165, 1.54) is 12.1 Å². The van der Waals surface area contributed by atoms with E-state index in [9.17, 15) is 61.5 Å². The van der Waals surface area contributed by atoms with E-state index in [0.717, 1.165) is 50.9 Å². The van der Waals surface area contributed by atoms with Crippen molar-refractivity contribution in [2.45, 2.75) is 132 Å². The molecule has 1 heterocycles. The maximum absolute atomic E-state index is 14.3. The third-order valence-corrected chi connectivity index (χ3v) is 8.59. The fraction of sp³-hybridized carbons (Fsp3) is 0.700. The smallest absolute Gasteiger partial charge is 0.460 e. The van der Waals surface area contributed by atoms with Crippen LogP contribution in [-0.4, -0.2) is 40.4 Å². The highest BCUT2D eigenvalue weighted by Gasteiger charge is 2.90. The Morgan fingerprint density at radius 2 is 1.19 bits per heavy atom. The van der Waals surface area contributed by atoms with Crippen LogP contribution in [0.5, 0.6) is 0 Å². The molecule has 1 aromatic heterocycles. The fourth-order valence-electron chi connectivity index (χ4n) is 5.29. The van der Waals surface area contributed by atoms with Crippen molar-refractivity contribution in [1.82, 2.24) is 4.57 Å². The molecule has 0 amide bonds. The van der Waals surface area contributed by atoms with Gasteiger partial charge in [-0.3, -0.25) is 0 Å². The highest BCUT2D eigenvalue weighted by atomic mass is 35.5. The number of benzene rings is 1. The van der Waals surface area contributed by atoms with Crippen molar-refractivity contribution in [2.75, 3.05) is 0 Å². The first-order valence-electron chi connectivity index (χ1n) is 15.1. The summed E-state index contributed by atoms with van der Waals surface area (Å²) in [4.78, 5) is 0. The van der Waals surface area contributed by atoms with Crippen molar-refractivity contribution < 1.29 is 78.4 Å². The van der Waals surface area contributed by atoms with Crippen molar-refractivity contribution in [1.29, 1.82) is 0 Å². The Morgan fingerprint density at radius 3 is 1.69 bits per heavy atom. The number of aromatic nitrogens is 2. The molecular formula is C30H34Cl2F14N2. The summed E-state index contributed by atoms with van der Waals surface area (Å²) >= 11 is 6.19. The molecule has 0 atom stereocenters. The summed E-state index contributed by atoms with van der Waals surface area (Å²) in [7, 11) is 0. The molecule has 0 aliphatic heterocycles. The quantitative estimate of drug-likeness (QED) is 0.0778. The standard InChI is InChI=1S/C30H34ClF14N2.ClH/c31-22-11-10-12-23(32)21(22)19-47-18-17-46(24(47)20-13-14-20)16-9-7-5-3-1-2-4-6-8-15-25(33,34)26(35,36)27(37,38)28(39,40)29(41,42)30(43,44)45;/h10-12,17-18,20H,1-9,13-16,19H2;1H/q+1;/p-1. The number of imidazole rings is 1. The molecule has 0 N–H and O–H groups in total. The van der Waals surface area contributed by atoms with Gasteiger partial charge in [0.15, 0.2) is 0 Å². The lowest BCUT2D eigenvalue weighted by atomic mass is 9.91. The van der Waals surface area contributed by atoms with Gasteiger partial charge in [0.1, 0.15) is 24.8 Å². The lowest BCUT2D eigenvalue weighted by molar-refractivity contribution is -0.695. The van der Waals surface area contributed by atoms with Gasteiger partial charge < -0.3 is 12.4 Å². The highest BCUT2D eigenvalue weighted by Crippen LogP contribution is 2.60. The van der Waals surface area contributed by atoms with E-state index in [1.807, 2.05) is 17.0 Å². The van der Waals surface area contributed by atoms with Crippen LogP contribution >= 0.6 is 11.6 Å². The van der Waals surface area contributed by atoms with Crippen LogP contribution in [0, 0.1) is 5.82 Å². The molecule has 276 valence electrons. The van der Waals surface area contributed by atoms with E-state index in [4.69, 9.17) is 11.6 Å². The number of hydrogen-bond acceptors (Lipinski definition) is 0. The van der Waals surface area contributed by atoms with Crippen LogP contribution in [-0.2, 0) is 13.1 Å². The normalized spacial score (nSPS) is 15.1. The zero-order valence-corrected chi connectivity index (χ0v) is 26.8. The Kier molecular flexibility index (Phi) is 14.0. The number of rotatable bonds is 19. The molecule has 1 aromatic carbocycles. The molecule has 18 heteroatoms. The van der Waals surface area contributed by atoms with E-state index in [-0.39, 0.29) is 31.1 Å². The summed E-state index contributed by atoms with van der Waals surface area (Å²) in [6.45, 7) is 1.02. The van der Waals surface area contributed by atoms with Gasteiger partial charge in [0.2, 0.25) is 0 Å². The van der Waals surface area contributed by atoms with Gasteiger partial charge in [-0.2, -0.15) is 57.1 Å². The van der Waals surface area contributed by atoms with Gasteiger partial charge >= 0.3 is 35.8 Å². The first kappa shape index (κ1) is 42.2. The minimum Gasteiger partial charge on any atom is -1.00 e. The van der Waals surface area contributed by atoms with Gasteiger partial charge in [-0.15, -0.1) is 0 Å². The van der Waals surface area contributed by atoms with Gasteiger partial charge in [0, 0.05) is 12.0 Å². The molecule has 0 spiro atoms. The summed E-state index contributed by atoms with van der Waals surface area (Å²) in [6.07, 6.45) is -0.311. The second kappa shape index (κ2) is 15.9. The topological polar surface area (TPSA) is 8.81 Å². The molecule has 0 saturated heterocycles. The third-order valence-electron chi connectivity index (χ3n) is 8.24. The first-order chi connectivity index (χ1) is 21.6. The maximum Gasteiger partial charge on any atom is 0.460 e. The van der Waals surface area contributed by atoms with Crippen molar-refractivity contribution in [3.63, 3.8) is 0 Å². The molecule has 3 rings (SSSR count). The summed E-state index contributed by atoms with van der Waals surface area (Å²) < 4.78 is 190. The largest absolute Gasteiger partial charge is 1.00 e. The summed E-state index contributed by atoms with van der Waals surface area (Å²) in [5.74, 6) is -35.4. The lowest BCUT2D eigenvalue weighted by Gasteiger charge is -2.39. The van der Waals surface area contributed by atoms with Gasteiger partial charge in [-0.25, -0.2) is 13.5 Å². The monoisotopic (exact) mass is 758 g/mol. The first-order valence-corrected chi connectivity index (χ1v) is 15.4. The van der Waals surface area contributed by atoms with Crippen LogP contribution in [0.4, 0.5) is 61.5 Å². The number of aryl methyl sites for hydroxylation is 1. The molecule has 48 heavy (non-hydrogen) atoms. The Labute approximate surface area is 279 Å². The molecule has 2 aromatic rings. The molecule has 1 fully saturated rings. The number of unbranched alkanes of at least 4 members (excludes halogenated alkanes) is 8. The van der Waals surface area contributed by atoms with Crippen molar-refractivity contribution in [2.24, 2.45) is 0 Å². The van der Waals surface area contributed by atoms with E-state index in [2.05, 4.69) is 4.57 Å². The number of hydrogen-bond donors (Lipinski definition) is 0. The predicted octanol–water partition coefficient (Wildman–Crippen LogP) is 8.14. The van der Waals surface area contributed by atoms with E-state index < -0.39 is 48.6 Å². The Hall–Kier alpha value is -1.97. The van der Waals surface area contributed by atoms with Crippen LogP contribution < -0.4 is 17.0 Å². The summed E-state index contributed by atoms with van der Waals surface area (Å²) in [5, 5.41) is 0.344. The SMILES string of the molecule is Fc1cccc(Cl)c1C[n+]1ccn(CCCCCCCCCCCC(F)(F)C(F)(F)C(F)(F)C(F)(F)C(F)(F)C(F)(F)F)c1C1CC1.[Cl-]. The van der Waals surface area contributed by atoms with Gasteiger partial charge in [-0.05, 0) is 44.2 Å². The predicted molar refractivity (Wildman–Crippen MR) is 144 cm³/mol. The third kappa shape index (κ3) is 8.84. The van der Waals surface area contributed by atoms with Crippen molar-refractivity contribution in [3.8, 4) is 0 Å². The second-order valence-corrected chi connectivity index (χ2v) is 12.3. The molecule has 0 bridgehead atoms. The molecule has 0 radical (unpaired) electrons. The zero-order valence-electron chi connectivity index (χ0n) is 25.3. The number of alkyl halides is 13. The van der Waals surface area contributed by atoms with E-state index in [0.29, 0.717) is 35.9 Å². The van der Waals surface area contributed by atoms with Gasteiger partial charge in [-0.1, -0.05) is 56.2 Å². The van der Waals surface area contributed by atoms with Crippen LogP contribution in [0.3, 0.4) is 0 Å². The van der Waals surface area contributed by atoms with Crippen molar-refractivity contribution in [3.05, 3.63) is 52.8 Å².